The first kappa shape index (κ1) is 17.5. The Kier molecular flexibility index (Phi) is 6.04. The number of thioether (sulfide) groups is 1. The van der Waals surface area contributed by atoms with E-state index in [1.807, 2.05) is 66.7 Å². The van der Waals surface area contributed by atoms with E-state index in [0.29, 0.717) is 16.4 Å². The molecular weight excluding hydrogens is 351 g/mol. The first-order valence-electron chi connectivity index (χ1n) is 7.80. The third-order valence-corrected chi connectivity index (χ3v) is 4.76. The van der Waals surface area contributed by atoms with Crippen LogP contribution in [0.2, 0.25) is 0 Å². The Labute approximate surface area is 156 Å². The summed E-state index contributed by atoms with van der Waals surface area (Å²) in [4.78, 5) is 1.08. The Balaban J connectivity index is 1.53. The number of nitrogens with one attached hydrogen (secondary N) is 2. The summed E-state index contributed by atoms with van der Waals surface area (Å²) in [6.45, 7) is 0. The summed E-state index contributed by atoms with van der Waals surface area (Å²) in [7, 11) is 0. The maximum atomic E-state index is 13.6. The van der Waals surface area contributed by atoms with Gasteiger partial charge in [0.2, 0.25) is 0 Å². The van der Waals surface area contributed by atoms with Gasteiger partial charge in [-0.2, -0.15) is 0 Å². The van der Waals surface area contributed by atoms with Crippen molar-refractivity contribution < 1.29 is 4.39 Å². The van der Waals surface area contributed by atoms with Crippen molar-refractivity contribution >= 4 is 40.5 Å². The zero-order valence-corrected chi connectivity index (χ0v) is 15.0. The Morgan fingerprint density at radius 1 is 0.800 bits per heavy atom. The fraction of sp³-hybridized carbons (Fsp3) is 0.0500. The van der Waals surface area contributed by atoms with Crippen LogP contribution in [-0.4, -0.2) is 5.11 Å². The molecule has 0 saturated heterocycles. The van der Waals surface area contributed by atoms with Crippen LogP contribution in [0.5, 0.6) is 0 Å². The van der Waals surface area contributed by atoms with Crippen molar-refractivity contribution in [1.29, 1.82) is 0 Å². The largest absolute Gasteiger partial charge is 0.332 e. The van der Waals surface area contributed by atoms with Crippen LogP contribution in [0.25, 0.3) is 0 Å². The van der Waals surface area contributed by atoms with Crippen LogP contribution in [0.4, 0.5) is 15.8 Å². The monoisotopic (exact) mass is 368 g/mol. The van der Waals surface area contributed by atoms with Gasteiger partial charge in [0, 0.05) is 22.0 Å². The zero-order chi connectivity index (χ0) is 17.5. The number of benzene rings is 3. The highest BCUT2D eigenvalue weighted by atomic mass is 32.2. The summed E-state index contributed by atoms with van der Waals surface area (Å²) in [6, 6.07) is 24.5. The van der Waals surface area contributed by atoms with E-state index in [-0.39, 0.29) is 5.82 Å². The second-order valence-corrected chi connectivity index (χ2v) is 6.81. The molecule has 2 N–H and O–H groups in total. The molecule has 0 bridgehead atoms. The van der Waals surface area contributed by atoms with Gasteiger partial charge in [0.25, 0.3) is 0 Å². The van der Waals surface area contributed by atoms with E-state index < -0.39 is 0 Å². The van der Waals surface area contributed by atoms with E-state index >= 15 is 0 Å². The lowest BCUT2D eigenvalue weighted by Gasteiger charge is -2.11. The molecule has 0 radical (unpaired) electrons. The SMILES string of the molecule is Fc1ccccc1CSc1ccc(NC(=S)Nc2ccccc2)cc1. The Bertz CT molecular complexity index is 836. The minimum Gasteiger partial charge on any atom is -0.332 e. The third-order valence-electron chi connectivity index (χ3n) is 3.50. The van der Waals surface area contributed by atoms with Gasteiger partial charge < -0.3 is 10.6 Å². The molecule has 126 valence electrons. The Morgan fingerprint density at radius 3 is 2.08 bits per heavy atom. The van der Waals surface area contributed by atoms with Gasteiger partial charge in [0.15, 0.2) is 5.11 Å². The lowest BCUT2D eigenvalue weighted by molar-refractivity contribution is 0.617. The second kappa shape index (κ2) is 8.65. The van der Waals surface area contributed by atoms with Crippen molar-refractivity contribution in [3.8, 4) is 0 Å². The molecule has 0 aliphatic carbocycles. The van der Waals surface area contributed by atoms with Crippen LogP contribution in [0.15, 0.2) is 83.8 Å². The van der Waals surface area contributed by atoms with Gasteiger partial charge in [-0.3, -0.25) is 0 Å². The zero-order valence-electron chi connectivity index (χ0n) is 13.4. The first-order chi connectivity index (χ1) is 12.2. The van der Waals surface area contributed by atoms with Gasteiger partial charge in [-0.05, 0) is 60.2 Å². The number of thiocarbonyl (C=S) groups is 1. The number of hydrogen-bond acceptors (Lipinski definition) is 2. The van der Waals surface area contributed by atoms with Gasteiger partial charge in [-0.1, -0.05) is 36.4 Å². The molecule has 0 unspecified atom stereocenters. The molecule has 3 aromatic carbocycles. The Morgan fingerprint density at radius 2 is 1.40 bits per heavy atom. The van der Waals surface area contributed by atoms with Gasteiger partial charge >= 0.3 is 0 Å². The quantitative estimate of drug-likeness (QED) is 0.431. The highest BCUT2D eigenvalue weighted by Crippen LogP contribution is 2.25. The highest BCUT2D eigenvalue weighted by Gasteiger charge is 2.03. The van der Waals surface area contributed by atoms with E-state index in [4.69, 9.17) is 12.2 Å². The molecule has 0 spiro atoms. The summed E-state index contributed by atoms with van der Waals surface area (Å²) in [5, 5.41) is 6.82. The highest BCUT2D eigenvalue weighted by molar-refractivity contribution is 7.98. The molecule has 0 aliphatic heterocycles. The Hall–Kier alpha value is -2.37. The fourth-order valence-electron chi connectivity index (χ4n) is 2.23. The molecule has 0 heterocycles. The molecule has 0 aromatic heterocycles. The summed E-state index contributed by atoms with van der Waals surface area (Å²) in [5.41, 5.74) is 2.56. The van der Waals surface area contributed by atoms with E-state index in [1.54, 1.807) is 17.8 Å². The minimum atomic E-state index is -0.161. The minimum absolute atomic E-state index is 0.161. The van der Waals surface area contributed by atoms with E-state index in [0.717, 1.165) is 16.3 Å². The number of hydrogen-bond donors (Lipinski definition) is 2. The molecule has 0 fully saturated rings. The lowest BCUT2D eigenvalue weighted by Crippen LogP contribution is -2.18. The van der Waals surface area contributed by atoms with Crippen molar-refractivity contribution in [1.82, 2.24) is 0 Å². The molecule has 3 aromatic rings. The van der Waals surface area contributed by atoms with Crippen molar-refractivity contribution in [3.63, 3.8) is 0 Å². The van der Waals surface area contributed by atoms with Gasteiger partial charge in [-0.15, -0.1) is 11.8 Å². The molecule has 25 heavy (non-hydrogen) atoms. The second-order valence-electron chi connectivity index (χ2n) is 5.35. The topological polar surface area (TPSA) is 24.1 Å². The maximum Gasteiger partial charge on any atom is 0.175 e. The standard InChI is InChI=1S/C20H17FN2S2/c21-19-9-5-4-6-15(19)14-25-18-12-10-17(11-13-18)23-20(24)22-16-7-2-1-3-8-16/h1-13H,14H2,(H2,22,23,24). The molecule has 3 rings (SSSR count). The summed E-state index contributed by atoms with van der Waals surface area (Å²) < 4.78 is 13.6. The molecule has 0 amide bonds. The lowest BCUT2D eigenvalue weighted by atomic mass is 10.2. The first-order valence-corrected chi connectivity index (χ1v) is 9.19. The third kappa shape index (κ3) is 5.31. The maximum absolute atomic E-state index is 13.6. The van der Waals surface area contributed by atoms with E-state index in [2.05, 4.69) is 10.6 Å². The van der Waals surface area contributed by atoms with Crippen molar-refractivity contribution in [2.24, 2.45) is 0 Å². The fourth-order valence-corrected chi connectivity index (χ4v) is 3.35. The normalized spacial score (nSPS) is 10.3. The van der Waals surface area contributed by atoms with Crippen LogP contribution >= 0.6 is 24.0 Å². The molecule has 0 atom stereocenters. The van der Waals surface area contributed by atoms with E-state index in [1.165, 1.54) is 6.07 Å². The summed E-state index contributed by atoms with van der Waals surface area (Å²) in [5.74, 6) is 0.443. The number of anilines is 2. The predicted molar refractivity (Wildman–Crippen MR) is 109 cm³/mol. The molecule has 0 saturated carbocycles. The van der Waals surface area contributed by atoms with Gasteiger partial charge in [0.1, 0.15) is 5.82 Å². The molecule has 0 aliphatic rings. The average Bonchev–Trinajstić information content (AvgIpc) is 2.63. The van der Waals surface area contributed by atoms with Gasteiger partial charge in [-0.25, -0.2) is 4.39 Å². The summed E-state index contributed by atoms with van der Waals surface area (Å²) >= 11 is 6.91. The smallest absolute Gasteiger partial charge is 0.175 e. The van der Waals surface area contributed by atoms with Crippen molar-refractivity contribution in [3.05, 3.63) is 90.2 Å². The van der Waals surface area contributed by atoms with Crippen LogP contribution in [0, 0.1) is 5.82 Å². The van der Waals surface area contributed by atoms with E-state index in [9.17, 15) is 4.39 Å². The van der Waals surface area contributed by atoms with Crippen LogP contribution in [-0.2, 0) is 5.75 Å². The van der Waals surface area contributed by atoms with Crippen molar-refractivity contribution in [2.75, 3.05) is 10.6 Å². The molecule has 5 heteroatoms. The average molecular weight is 369 g/mol. The van der Waals surface area contributed by atoms with Crippen molar-refractivity contribution in [2.45, 2.75) is 10.6 Å². The number of para-hydroxylation sites is 1. The van der Waals surface area contributed by atoms with Crippen LogP contribution in [0.3, 0.4) is 0 Å². The number of halogens is 1. The summed E-state index contributed by atoms with van der Waals surface area (Å²) in [6.07, 6.45) is 0. The van der Waals surface area contributed by atoms with Crippen LogP contribution in [0.1, 0.15) is 5.56 Å². The predicted octanol–water partition coefficient (Wildman–Crippen LogP) is 5.93. The van der Waals surface area contributed by atoms with Gasteiger partial charge in [0.05, 0.1) is 0 Å². The number of rotatable bonds is 5. The van der Waals surface area contributed by atoms with Crippen LogP contribution < -0.4 is 10.6 Å². The molecule has 2 nitrogen and oxygen atoms in total. The molecular formula is C20H17FN2S2.